The Morgan fingerprint density at radius 2 is 1.59 bits per heavy atom. The number of hydrogen-bond acceptors (Lipinski definition) is 3. The molecule has 1 fully saturated rings. The van der Waals surface area contributed by atoms with Crippen LogP contribution in [0.15, 0.2) is 72.8 Å². The van der Waals surface area contributed by atoms with Gasteiger partial charge in [-0.2, -0.15) is 13.2 Å². The Hall–Kier alpha value is -3.50. The monoisotopic (exact) mass is 519 g/mol. The number of anilines is 1. The Morgan fingerprint density at radius 3 is 2.30 bits per heavy atom. The molecule has 2 amide bonds. The molecule has 0 spiro atoms. The number of carbonyl (C=O) groups is 1. The van der Waals surface area contributed by atoms with Gasteiger partial charge in [0, 0.05) is 38.8 Å². The zero-order valence-corrected chi connectivity index (χ0v) is 19.8. The topological polar surface area (TPSA) is 44.8 Å². The normalized spacial score (nSPS) is 15.4. The van der Waals surface area contributed by atoms with Crippen molar-refractivity contribution in [1.29, 1.82) is 0 Å². The van der Waals surface area contributed by atoms with E-state index in [-0.39, 0.29) is 12.3 Å². The molecule has 0 radical (unpaired) electrons. The Bertz CT molecular complexity index is 1200. The standard InChI is InChI=1S/C27H26F5N3O2/c28-22-9-10-23(29)24(18-22)33-26(36)35-13-11-34(12-14-35)15-16-37-25(19-5-2-1-3-6-19)20-7-4-8-21(17-20)27(30,31)32/h1-10,17-18,25H,11-16H2,(H,33,36)/t25-/m0/s1. The summed E-state index contributed by atoms with van der Waals surface area (Å²) in [6.07, 6.45) is -5.12. The molecule has 5 nitrogen and oxygen atoms in total. The molecule has 1 aliphatic rings. The highest BCUT2D eigenvalue weighted by atomic mass is 19.4. The van der Waals surface area contributed by atoms with Crippen LogP contribution < -0.4 is 5.32 Å². The summed E-state index contributed by atoms with van der Waals surface area (Å²) in [5.74, 6) is -1.38. The first kappa shape index (κ1) is 26.6. The van der Waals surface area contributed by atoms with E-state index in [2.05, 4.69) is 10.2 Å². The molecule has 0 saturated carbocycles. The Kier molecular flexibility index (Phi) is 8.40. The van der Waals surface area contributed by atoms with E-state index in [1.54, 1.807) is 18.2 Å². The van der Waals surface area contributed by atoms with Crippen LogP contribution in [0, 0.1) is 11.6 Å². The lowest BCUT2D eigenvalue weighted by molar-refractivity contribution is -0.137. The molecule has 10 heteroatoms. The van der Waals surface area contributed by atoms with Crippen molar-refractivity contribution in [3.05, 3.63) is 101 Å². The van der Waals surface area contributed by atoms with E-state index in [0.29, 0.717) is 38.3 Å². The van der Waals surface area contributed by atoms with E-state index in [4.69, 9.17) is 4.74 Å². The molecule has 1 heterocycles. The molecule has 1 saturated heterocycles. The summed E-state index contributed by atoms with van der Waals surface area (Å²) in [6.45, 7) is 2.58. The third-order valence-corrected chi connectivity index (χ3v) is 6.14. The molecule has 1 aliphatic heterocycles. The lowest BCUT2D eigenvalue weighted by Crippen LogP contribution is -2.50. The van der Waals surface area contributed by atoms with E-state index < -0.39 is 35.5 Å². The van der Waals surface area contributed by atoms with E-state index in [0.717, 1.165) is 35.9 Å². The van der Waals surface area contributed by atoms with Crippen molar-refractivity contribution < 1.29 is 31.5 Å². The second-order valence-electron chi connectivity index (χ2n) is 8.67. The van der Waals surface area contributed by atoms with Gasteiger partial charge >= 0.3 is 12.2 Å². The van der Waals surface area contributed by atoms with Crippen LogP contribution in [0.4, 0.5) is 32.4 Å². The highest BCUT2D eigenvalue weighted by Crippen LogP contribution is 2.33. The van der Waals surface area contributed by atoms with Crippen LogP contribution in [-0.4, -0.2) is 55.2 Å². The van der Waals surface area contributed by atoms with E-state index >= 15 is 0 Å². The van der Waals surface area contributed by atoms with Crippen molar-refractivity contribution in [2.24, 2.45) is 0 Å². The first-order valence-electron chi connectivity index (χ1n) is 11.8. The molecule has 1 atom stereocenters. The predicted molar refractivity (Wildman–Crippen MR) is 129 cm³/mol. The summed E-state index contributed by atoms with van der Waals surface area (Å²) < 4.78 is 73.0. The third kappa shape index (κ3) is 7.05. The van der Waals surface area contributed by atoms with Crippen LogP contribution in [0.2, 0.25) is 0 Å². The Balaban J connectivity index is 1.32. The van der Waals surface area contributed by atoms with Gasteiger partial charge in [-0.05, 0) is 35.4 Å². The average Bonchev–Trinajstić information content (AvgIpc) is 2.89. The smallest absolute Gasteiger partial charge is 0.367 e. The van der Waals surface area contributed by atoms with E-state index in [1.165, 1.54) is 11.0 Å². The molecule has 0 bridgehead atoms. The number of carbonyl (C=O) groups excluding carboxylic acids is 1. The first-order valence-corrected chi connectivity index (χ1v) is 11.8. The predicted octanol–water partition coefficient (Wildman–Crippen LogP) is 5.94. The van der Waals surface area contributed by atoms with Crippen LogP contribution in [0.25, 0.3) is 0 Å². The molecule has 0 aliphatic carbocycles. The second-order valence-corrected chi connectivity index (χ2v) is 8.67. The Labute approximate surface area is 211 Å². The van der Waals surface area contributed by atoms with Crippen molar-refractivity contribution >= 4 is 11.7 Å². The summed E-state index contributed by atoms with van der Waals surface area (Å²) in [5.41, 5.74) is 0.199. The van der Waals surface area contributed by atoms with E-state index in [1.807, 2.05) is 18.2 Å². The van der Waals surface area contributed by atoms with Crippen LogP contribution in [-0.2, 0) is 10.9 Å². The fraction of sp³-hybridized carbons (Fsp3) is 0.296. The lowest BCUT2D eigenvalue weighted by atomic mass is 9.99. The number of nitrogens with one attached hydrogen (secondary N) is 1. The number of ether oxygens (including phenoxy) is 1. The van der Waals surface area contributed by atoms with Crippen molar-refractivity contribution in [3.63, 3.8) is 0 Å². The van der Waals surface area contributed by atoms with Crippen molar-refractivity contribution in [1.82, 2.24) is 9.80 Å². The van der Waals surface area contributed by atoms with Gasteiger partial charge in [0.15, 0.2) is 0 Å². The first-order chi connectivity index (χ1) is 17.7. The van der Waals surface area contributed by atoms with Crippen molar-refractivity contribution in [2.75, 3.05) is 44.6 Å². The summed E-state index contributed by atoms with van der Waals surface area (Å²) in [4.78, 5) is 16.0. The summed E-state index contributed by atoms with van der Waals surface area (Å²) in [6, 6.07) is 16.5. The summed E-state index contributed by atoms with van der Waals surface area (Å²) >= 11 is 0. The minimum absolute atomic E-state index is 0.220. The van der Waals surface area contributed by atoms with Gasteiger partial charge in [0.1, 0.15) is 17.7 Å². The number of amides is 2. The second kappa shape index (κ2) is 11.7. The molecule has 1 N–H and O–H groups in total. The highest BCUT2D eigenvalue weighted by Gasteiger charge is 2.31. The van der Waals surface area contributed by atoms with Crippen molar-refractivity contribution in [2.45, 2.75) is 12.3 Å². The molecular formula is C27H26F5N3O2. The van der Waals surface area contributed by atoms with Gasteiger partial charge in [0.25, 0.3) is 0 Å². The maximum atomic E-state index is 13.8. The highest BCUT2D eigenvalue weighted by molar-refractivity contribution is 5.89. The average molecular weight is 520 g/mol. The number of halogens is 5. The van der Waals surface area contributed by atoms with Gasteiger partial charge in [0.05, 0.1) is 17.9 Å². The largest absolute Gasteiger partial charge is 0.416 e. The number of rotatable bonds is 7. The van der Waals surface area contributed by atoms with E-state index in [9.17, 15) is 26.7 Å². The van der Waals surface area contributed by atoms with Gasteiger partial charge in [-0.25, -0.2) is 13.6 Å². The van der Waals surface area contributed by atoms with Crippen molar-refractivity contribution in [3.8, 4) is 0 Å². The fourth-order valence-corrected chi connectivity index (χ4v) is 4.15. The van der Waals surface area contributed by atoms with Gasteiger partial charge < -0.3 is 15.0 Å². The number of nitrogens with zero attached hydrogens (tertiary/aromatic N) is 2. The molecule has 196 valence electrons. The lowest BCUT2D eigenvalue weighted by Gasteiger charge is -2.35. The van der Waals surface area contributed by atoms with Gasteiger partial charge in [-0.1, -0.05) is 42.5 Å². The maximum absolute atomic E-state index is 13.8. The zero-order chi connectivity index (χ0) is 26.4. The zero-order valence-electron chi connectivity index (χ0n) is 19.8. The van der Waals surface area contributed by atoms with Crippen LogP contribution in [0.5, 0.6) is 0 Å². The molecule has 0 aromatic heterocycles. The summed E-state index contributed by atoms with van der Waals surface area (Å²) in [5, 5.41) is 2.39. The fourth-order valence-electron chi connectivity index (χ4n) is 4.15. The van der Waals surface area contributed by atoms with Gasteiger partial charge in [0.2, 0.25) is 0 Å². The van der Waals surface area contributed by atoms with Crippen LogP contribution in [0.3, 0.4) is 0 Å². The number of hydrogen-bond donors (Lipinski definition) is 1. The summed E-state index contributed by atoms with van der Waals surface area (Å²) in [7, 11) is 0. The molecule has 3 aromatic rings. The maximum Gasteiger partial charge on any atom is 0.416 e. The van der Waals surface area contributed by atoms with Crippen LogP contribution in [0.1, 0.15) is 22.8 Å². The minimum atomic E-state index is -4.45. The molecule has 37 heavy (non-hydrogen) atoms. The molecular weight excluding hydrogens is 493 g/mol. The molecule has 4 rings (SSSR count). The Morgan fingerprint density at radius 1 is 0.892 bits per heavy atom. The quantitative estimate of drug-likeness (QED) is 0.393. The number of alkyl halides is 3. The number of urea groups is 1. The molecule has 0 unspecified atom stereocenters. The number of piperazine rings is 1. The SMILES string of the molecule is O=C(Nc1cc(F)ccc1F)N1CCN(CCO[C@@H](c2ccccc2)c2cccc(C(F)(F)F)c2)CC1. The number of benzene rings is 3. The minimum Gasteiger partial charge on any atom is -0.367 e. The van der Waals surface area contributed by atoms with Gasteiger partial charge in [-0.15, -0.1) is 0 Å². The molecule has 3 aromatic carbocycles. The van der Waals surface area contributed by atoms with Crippen LogP contribution >= 0.6 is 0 Å². The van der Waals surface area contributed by atoms with Gasteiger partial charge in [-0.3, -0.25) is 4.90 Å². The third-order valence-electron chi connectivity index (χ3n) is 6.14.